The van der Waals surface area contributed by atoms with Crippen molar-refractivity contribution in [1.82, 2.24) is 29.9 Å². The molecule has 0 spiro atoms. The van der Waals surface area contributed by atoms with E-state index in [0.717, 1.165) is 64.5 Å². The summed E-state index contributed by atoms with van der Waals surface area (Å²) in [7, 11) is 9.75. The van der Waals surface area contributed by atoms with Crippen molar-refractivity contribution in [2.24, 2.45) is 5.92 Å². The molecule has 6 N–H and O–H groups in total. The number of esters is 7. The Kier molecular flexibility index (Phi) is 85.9. The number of aliphatic hydroxyl groups excluding tert-OH is 1. The van der Waals surface area contributed by atoms with Crippen LogP contribution in [0.15, 0.2) is 60.2 Å². The molecule has 7 aromatic rings. The Balaban J connectivity index is -0.000000184. The number of aldehydes is 1. The molecule has 1 aromatic carbocycles. The van der Waals surface area contributed by atoms with Gasteiger partial charge in [-0.25, -0.2) is 44.1 Å². The minimum atomic E-state index is -3.22. The van der Waals surface area contributed by atoms with E-state index < -0.39 is 52.5 Å². The highest BCUT2D eigenvalue weighted by molar-refractivity contribution is 8.24. The minimum Gasteiger partial charge on any atom is -0.507 e. The van der Waals surface area contributed by atoms with Gasteiger partial charge in [-0.1, -0.05) is 125 Å². The van der Waals surface area contributed by atoms with E-state index in [1.807, 2.05) is 27.7 Å². The summed E-state index contributed by atoms with van der Waals surface area (Å²) < 4.78 is 52.7. The Labute approximate surface area is 831 Å². The van der Waals surface area contributed by atoms with Gasteiger partial charge in [-0.05, 0) is 154 Å². The molecule has 6 heterocycles. The molecule has 0 aliphatic rings. The van der Waals surface area contributed by atoms with Crippen molar-refractivity contribution in [2.75, 3.05) is 98.1 Å². The molecule has 0 aliphatic carbocycles. The van der Waals surface area contributed by atoms with E-state index in [1.165, 1.54) is 38.8 Å². The lowest BCUT2D eigenvalue weighted by molar-refractivity contribution is -0.193. The van der Waals surface area contributed by atoms with Crippen LogP contribution in [-0.4, -0.2) is 194 Å². The lowest BCUT2D eigenvalue weighted by Gasteiger charge is -2.11. The van der Waals surface area contributed by atoms with Crippen LogP contribution in [0.4, 0.5) is 17.1 Å². The van der Waals surface area contributed by atoms with Crippen LogP contribution >= 0.6 is 120 Å². The maximum atomic E-state index is 11.5. The molecule has 134 heavy (non-hydrogen) atoms. The van der Waals surface area contributed by atoms with E-state index in [4.69, 9.17) is 134 Å². The number of ether oxygens (including phenoxy) is 9. The quantitative estimate of drug-likeness (QED) is 0.00695. The van der Waals surface area contributed by atoms with Crippen LogP contribution in [0, 0.1) is 47.5 Å². The Morgan fingerprint density at radius 1 is 0.493 bits per heavy atom. The number of methoxy groups -OCH3 is 3. The van der Waals surface area contributed by atoms with E-state index in [1.54, 1.807) is 129 Å². The van der Waals surface area contributed by atoms with Crippen LogP contribution in [0.1, 0.15) is 220 Å². The van der Waals surface area contributed by atoms with Gasteiger partial charge in [0.15, 0.2) is 6.29 Å². The Bertz CT molecular complexity index is 4820. The molecule has 752 valence electrons. The highest BCUT2D eigenvalue weighted by atomic mass is 36.0. The van der Waals surface area contributed by atoms with Gasteiger partial charge in [0.2, 0.25) is 0 Å². The number of carbonyl (C=O) groups is 10. The number of pyridine rings is 6. The number of aromatic amines is 1. The van der Waals surface area contributed by atoms with E-state index in [2.05, 4.69) is 93.8 Å². The number of aromatic nitrogens is 6. The summed E-state index contributed by atoms with van der Waals surface area (Å²) in [6, 6.07) is 5.31. The summed E-state index contributed by atoms with van der Waals surface area (Å²) in [4.78, 5) is 176. The SMILES string of the molecule is C.C.C.C.CCCC(=O)C(C)C(=O)OCC.CCCC(=O)CC(=O)OCC.CCOC(=O)c1c[nH]c(=O)c(C)c1O.CCOC(=O)c1cnc(Cl)c(C)c1Cl.CCOC(=O)c1cnc(Cl)c(C)c1Cl.CCOC(=O)c1cnc(Cl)c(C)c1NC.CNc1c(C=O)cnc(Cl)c1C.CNc1c(CO)cnc(Cl)c1C.COC(=O)Cc1cc(OC)cc(OC)c1.O=C=O.O=C=O.O=P(Cl)(Cl)Cl. The third-order valence-electron chi connectivity index (χ3n) is 15.4. The summed E-state index contributed by atoms with van der Waals surface area (Å²) in [6.45, 7) is 27.8. The number of halogens is 10. The third kappa shape index (κ3) is 57.6. The summed E-state index contributed by atoms with van der Waals surface area (Å²) in [5.74, 6) is -2.78. The number of anilines is 3. The minimum absolute atomic E-state index is 0. The summed E-state index contributed by atoms with van der Waals surface area (Å²) in [5, 5.41) is 26.4. The van der Waals surface area contributed by atoms with Crippen molar-refractivity contribution in [3.8, 4) is 17.2 Å². The lowest BCUT2D eigenvalue weighted by atomic mass is 10.0. The van der Waals surface area contributed by atoms with Gasteiger partial charge in [-0.3, -0.25) is 38.1 Å². The first kappa shape index (κ1) is 142. The second-order valence-electron chi connectivity index (χ2n) is 24.3. The number of hydrogen-bond acceptors (Lipinski definition) is 35. The number of rotatable bonds is 27. The molecule has 0 bridgehead atoms. The summed E-state index contributed by atoms with van der Waals surface area (Å²) in [5.41, 5.74) is 8.48. The monoisotopic (exact) mass is 2110 g/mol. The van der Waals surface area contributed by atoms with Crippen molar-refractivity contribution < 1.29 is 125 Å². The highest BCUT2D eigenvalue weighted by Gasteiger charge is 2.23. The fourth-order valence-electron chi connectivity index (χ4n) is 9.04. The first-order valence-corrected chi connectivity index (χ1v) is 45.2. The number of ketones is 2. The van der Waals surface area contributed by atoms with E-state index in [0.29, 0.717) is 121 Å². The van der Waals surface area contributed by atoms with Gasteiger partial charge < -0.3 is 73.8 Å². The van der Waals surface area contributed by atoms with Crippen molar-refractivity contribution in [3.05, 3.63) is 174 Å². The van der Waals surface area contributed by atoms with Crippen molar-refractivity contribution in [2.45, 2.75) is 179 Å². The van der Waals surface area contributed by atoms with Crippen LogP contribution in [-0.2, 0) is 93.9 Å². The van der Waals surface area contributed by atoms with Gasteiger partial charge in [-0.2, -0.15) is 19.2 Å². The van der Waals surface area contributed by atoms with Gasteiger partial charge in [-0.15, -0.1) is 0 Å². The summed E-state index contributed by atoms with van der Waals surface area (Å²) >= 11 is 54.5. The maximum Gasteiger partial charge on any atom is 0.373 e. The number of benzene rings is 1. The molecule has 0 saturated carbocycles. The molecule has 0 amide bonds. The number of hydrogen-bond donors (Lipinski definition) is 6. The number of nitrogens with zero attached hydrogens (tertiary/aromatic N) is 5. The Morgan fingerprint density at radius 2 is 0.836 bits per heavy atom. The molecule has 0 saturated heterocycles. The fourth-order valence-corrected chi connectivity index (χ4v) is 10.3. The van der Waals surface area contributed by atoms with Gasteiger partial charge in [0, 0.05) is 116 Å². The van der Waals surface area contributed by atoms with E-state index in [9.17, 15) is 62.4 Å². The smallest absolute Gasteiger partial charge is 0.373 e. The van der Waals surface area contributed by atoms with Crippen LogP contribution in [0.2, 0.25) is 35.8 Å². The van der Waals surface area contributed by atoms with Gasteiger partial charge >= 0.3 is 59.3 Å². The number of Topliss-reactive ketones (excluding diaryl/α,β-unsaturated/α-hetero) is 2. The average Bonchev–Trinajstić information content (AvgIpc) is 0.838. The van der Waals surface area contributed by atoms with Crippen LogP contribution in [0.3, 0.4) is 0 Å². The van der Waals surface area contributed by atoms with E-state index in [-0.39, 0.29) is 114 Å². The van der Waals surface area contributed by atoms with E-state index >= 15 is 0 Å². The molecular weight excluding hydrogens is 1990 g/mol. The van der Waals surface area contributed by atoms with Crippen LogP contribution in [0.5, 0.6) is 17.2 Å². The Hall–Kier alpha value is -10.1. The number of H-pyrrole nitrogens is 1. The summed E-state index contributed by atoms with van der Waals surface area (Å²) in [6.07, 6.45) is 12.1. The average molecular weight is 2110 g/mol. The zero-order chi connectivity index (χ0) is 101. The predicted molar refractivity (Wildman–Crippen MR) is 521 cm³/mol. The number of carbonyl (C=O) groups excluding carboxylic acids is 14. The maximum absolute atomic E-state index is 11.5. The second-order valence-corrected chi connectivity index (χ2v) is 33.4. The largest absolute Gasteiger partial charge is 0.507 e. The van der Waals surface area contributed by atoms with Gasteiger partial charge in [0.05, 0.1) is 118 Å². The van der Waals surface area contributed by atoms with Gasteiger partial charge in [0.25, 0.3) is 5.56 Å². The molecule has 47 heteroatoms. The molecule has 6 aromatic heterocycles. The first-order valence-electron chi connectivity index (χ1n) is 38.2. The Morgan fingerprint density at radius 3 is 1.19 bits per heavy atom. The van der Waals surface area contributed by atoms with Crippen LogP contribution in [0.25, 0.3) is 0 Å². The second kappa shape index (κ2) is 81.2. The fraction of sp³-hybridized carbons (Fsp3) is 0.448. The molecule has 7 rings (SSSR count). The topological polar surface area (TPSA) is 513 Å². The standard InChI is InChI=1S/C11H14O4.C10H13ClN2O2.2C9H9Cl2NO2.C9H11NO4.C9H16O3.C8H11ClN2O.C8H9ClN2O.C8H14O3.2CO2.4CH4.Cl3OP/c1-13-9-4-8(6-11(12)15-3)5-10(7-9)14-2;1-4-15-10(14)7-5-13-9(11)6(2)8(7)12-3;2*1-3-14-9(13)6-4-12-8(11)5(2)7(6)10;1-3-14-9(13)6-4-10-8(12)5(2)7(6)11;1-4-6-8(10)7(3)9(11)12-5-2;2*1-5-7(10-2)6(4-12)3-11-8(5)9;1-3-5-7(9)6-8(10)11-4-2;2*2-1-3;;;;;1-5(2,3)4/h4-5,7H,6H2,1-3H3;5H,4H2,1-3H3,(H,12,13);2*4H,3H2,1-2H3;4H,3H2,1-2H3,(H2,10,11,12);7H,4-6H2,1-3H3;3,12H,4H2,1-2H3,(H,10,11);3-4H,1-2H3,(H,10,11);3-6H2,1-2H3;;;4*1H4;. The molecule has 0 fully saturated rings. The normalized spacial score (nSPS) is 9.46. The molecule has 0 aliphatic heterocycles. The molecular formula is C87H122Cl10N9O27P. The first-order chi connectivity index (χ1) is 61.1. The van der Waals surface area contributed by atoms with Gasteiger partial charge in [0.1, 0.15) is 78.0 Å². The van der Waals surface area contributed by atoms with Crippen molar-refractivity contribution in [1.29, 1.82) is 0 Å². The number of aliphatic hydroxyl groups is 1. The third-order valence-corrected chi connectivity index (χ3v) is 18.2. The van der Waals surface area contributed by atoms with Crippen molar-refractivity contribution in [3.63, 3.8) is 0 Å². The lowest BCUT2D eigenvalue weighted by Crippen LogP contribution is -2.22. The molecule has 0 radical (unpaired) electrons. The van der Waals surface area contributed by atoms with Crippen LogP contribution < -0.4 is 31.0 Å². The van der Waals surface area contributed by atoms with Crippen molar-refractivity contribution >= 4 is 209 Å². The zero-order valence-corrected chi connectivity index (χ0v) is 83.6. The number of aromatic hydroxyl groups is 1. The molecule has 1 atom stereocenters. The highest BCUT2D eigenvalue weighted by Crippen LogP contribution is 2.61. The zero-order valence-electron chi connectivity index (χ0n) is 75.1. The molecule has 1 unspecified atom stereocenters. The number of nitrogens with one attached hydrogen (secondary N) is 4. The molecule has 36 nitrogen and oxygen atoms in total. The predicted octanol–water partition coefficient (Wildman–Crippen LogP) is 20.5.